The molecular weight excluding hydrogens is 230 g/mol. The van der Waals surface area contributed by atoms with Gasteiger partial charge in [0.2, 0.25) is 5.91 Å². The van der Waals surface area contributed by atoms with Gasteiger partial charge in [-0.05, 0) is 18.5 Å². The van der Waals surface area contributed by atoms with Crippen LogP contribution in [0.15, 0.2) is 0 Å². The third-order valence-corrected chi connectivity index (χ3v) is 2.74. The molecule has 1 aromatic heterocycles. The smallest absolute Gasteiger partial charge is 0.255 e. The van der Waals surface area contributed by atoms with Gasteiger partial charge in [0.15, 0.2) is 5.82 Å². The van der Waals surface area contributed by atoms with Crippen molar-refractivity contribution in [1.82, 2.24) is 9.69 Å². The van der Waals surface area contributed by atoms with Gasteiger partial charge in [0.25, 0.3) is 5.91 Å². The van der Waals surface area contributed by atoms with Crippen molar-refractivity contribution in [2.24, 2.45) is 5.73 Å². The SMILES string of the molecule is CNC(=O)C(C)Nc1snc(N)c1C(N)=O. The average molecular weight is 243 g/mol. The lowest BCUT2D eigenvalue weighted by Crippen LogP contribution is -2.35. The predicted octanol–water partition coefficient (Wildman–Crippen LogP) is -0.629. The van der Waals surface area contributed by atoms with E-state index in [9.17, 15) is 9.59 Å². The molecule has 0 radical (unpaired) electrons. The lowest BCUT2D eigenvalue weighted by molar-refractivity contribution is -0.121. The highest BCUT2D eigenvalue weighted by molar-refractivity contribution is 7.11. The minimum Gasteiger partial charge on any atom is -0.382 e. The quantitative estimate of drug-likeness (QED) is 0.560. The van der Waals surface area contributed by atoms with Gasteiger partial charge in [0.1, 0.15) is 16.6 Å². The molecular formula is C8H13N5O2S. The Morgan fingerprint density at radius 3 is 2.62 bits per heavy atom. The Morgan fingerprint density at radius 1 is 1.50 bits per heavy atom. The molecule has 0 aliphatic rings. The maximum atomic E-state index is 11.3. The summed E-state index contributed by atoms with van der Waals surface area (Å²) in [5, 5.41) is 5.71. The van der Waals surface area contributed by atoms with Crippen LogP contribution in [-0.4, -0.2) is 29.3 Å². The van der Waals surface area contributed by atoms with Crippen LogP contribution in [0.5, 0.6) is 0 Å². The molecule has 7 nitrogen and oxygen atoms in total. The predicted molar refractivity (Wildman–Crippen MR) is 62.2 cm³/mol. The highest BCUT2D eigenvalue weighted by Gasteiger charge is 2.20. The van der Waals surface area contributed by atoms with Crippen LogP contribution in [0.2, 0.25) is 0 Å². The third kappa shape index (κ3) is 2.40. The topological polar surface area (TPSA) is 123 Å². The summed E-state index contributed by atoms with van der Waals surface area (Å²) < 4.78 is 3.80. The molecule has 0 saturated heterocycles. The number of nitrogens with two attached hydrogens (primary N) is 2. The van der Waals surface area contributed by atoms with E-state index in [1.54, 1.807) is 6.92 Å². The number of carbonyl (C=O) groups is 2. The molecule has 8 heteroatoms. The number of amides is 2. The van der Waals surface area contributed by atoms with Gasteiger partial charge in [-0.2, -0.15) is 4.37 Å². The van der Waals surface area contributed by atoms with E-state index in [0.717, 1.165) is 11.5 Å². The lowest BCUT2D eigenvalue weighted by Gasteiger charge is -2.12. The molecule has 1 atom stereocenters. The van der Waals surface area contributed by atoms with Crippen molar-refractivity contribution in [1.29, 1.82) is 0 Å². The molecule has 88 valence electrons. The largest absolute Gasteiger partial charge is 0.382 e. The number of anilines is 2. The summed E-state index contributed by atoms with van der Waals surface area (Å²) in [6.07, 6.45) is 0. The number of nitrogens with zero attached hydrogens (tertiary/aromatic N) is 1. The van der Waals surface area contributed by atoms with E-state index in [1.807, 2.05) is 0 Å². The van der Waals surface area contributed by atoms with Crippen LogP contribution in [0.25, 0.3) is 0 Å². The first-order valence-corrected chi connectivity index (χ1v) is 5.27. The van der Waals surface area contributed by atoms with Crippen molar-refractivity contribution >= 4 is 34.2 Å². The van der Waals surface area contributed by atoms with Crippen LogP contribution in [-0.2, 0) is 4.79 Å². The number of nitrogen functional groups attached to an aromatic ring is 1. The molecule has 0 spiro atoms. The van der Waals surface area contributed by atoms with E-state index in [4.69, 9.17) is 11.5 Å². The molecule has 16 heavy (non-hydrogen) atoms. The zero-order chi connectivity index (χ0) is 12.3. The summed E-state index contributed by atoms with van der Waals surface area (Å²) >= 11 is 0.994. The zero-order valence-electron chi connectivity index (χ0n) is 8.90. The van der Waals surface area contributed by atoms with Crippen molar-refractivity contribution in [3.05, 3.63) is 5.56 Å². The van der Waals surface area contributed by atoms with Crippen LogP contribution in [0.1, 0.15) is 17.3 Å². The number of primary amides is 1. The lowest BCUT2D eigenvalue weighted by atomic mass is 10.2. The van der Waals surface area contributed by atoms with E-state index in [0.29, 0.717) is 5.00 Å². The number of nitrogens with one attached hydrogen (secondary N) is 2. The van der Waals surface area contributed by atoms with Gasteiger partial charge in [-0.25, -0.2) is 0 Å². The Labute approximate surface area is 96.4 Å². The fourth-order valence-electron chi connectivity index (χ4n) is 1.12. The number of carbonyl (C=O) groups excluding carboxylic acids is 2. The number of rotatable bonds is 4. The Morgan fingerprint density at radius 2 is 2.12 bits per heavy atom. The van der Waals surface area contributed by atoms with Crippen LogP contribution in [0, 0.1) is 0 Å². The van der Waals surface area contributed by atoms with Crippen LogP contribution in [0.3, 0.4) is 0 Å². The normalized spacial score (nSPS) is 11.9. The molecule has 0 aliphatic carbocycles. The van der Waals surface area contributed by atoms with Crippen LogP contribution < -0.4 is 22.1 Å². The van der Waals surface area contributed by atoms with Gasteiger partial charge >= 0.3 is 0 Å². The summed E-state index contributed by atoms with van der Waals surface area (Å²) in [6.45, 7) is 1.65. The van der Waals surface area contributed by atoms with E-state index in [-0.39, 0.29) is 17.3 Å². The van der Waals surface area contributed by atoms with Gasteiger partial charge in [-0.15, -0.1) is 0 Å². The molecule has 0 aromatic carbocycles. The first-order chi connectivity index (χ1) is 7.47. The first kappa shape index (κ1) is 12.2. The van der Waals surface area contributed by atoms with Gasteiger partial charge in [-0.1, -0.05) is 0 Å². The van der Waals surface area contributed by atoms with Gasteiger partial charge < -0.3 is 22.1 Å². The van der Waals surface area contributed by atoms with Crippen molar-refractivity contribution in [2.45, 2.75) is 13.0 Å². The molecule has 0 bridgehead atoms. The second kappa shape index (κ2) is 4.79. The van der Waals surface area contributed by atoms with Crippen molar-refractivity contribution in [3.63, 3.8) is 0 Å². The van der Waals surface area contributed by atoms with E-state index >= 15 is 0 Å². The summed E-state index contributed by atoms with van der Waals surface area (Å²) in [4.78, 5) is 22.4. The number of aromatic nitrogens is 1. The van der Waals surface area contributed by atoms with Gasteiger partial charge in [-0.3, -0.25) is 9.59 Å². The molecule has 1 unspecified atom stereocenters. The Bertz CT molecular complexity index is 417. The second-order valence-corrected chi connectivity index (χ2v) is 3.89. The summed E-state index contributed by atoms with van der Waals surface area (Å²) in [5.74, 6) is -0.802. The minimum absolute atomic E-state index is 0.0732. The van der Waals surface area contributed by atoms with E-state index in [2.05, 4.69) is 15.0 Å². The number of hydrogen-bond acceptors (Lipinski definition) is 6. The molecule has 1 heterocycles. The van der Waals surface area contributed by atoms with Crippen LogP contribution in [0.4, 0.5) is 10.8 Å². The number of hydrogen-bond donors (Lipinski definition) is 4. The minimum atomic E-state index is -0.669. The Kier molecular flexibility index (Phi) is 3.67. The molecule has 1 rings (SSSR count). The van der Waals surface area contributed by atoms with Crippen molar-refractivity contribution < 1.29 is 9.59 Å². The summed E-state index contributed by atoms with van der Waals surface area (Å²) in [7, 11) is 1.52. The summed E-state index contributed by atoms with van der Waals surface area (Å²) in [6, 6.07) is -0.497. The molecule has 0 aliphatic heterocycles. The zero-order valence-corrected chi connectivity index (χ0v) is 9.72. The van der Waals surface area contributed by atoms with Crippen molar-refractivity contribution in [2.75, 3.05) is 18.1 Å². The van der Waals surface area contributed by atoms with Gasteiger partial charge in [0, 0.05) is 7.05 Å². The fourth-order valence-corrected chi connectivity index (χ4v) is 1.92. The molecule has 0 fully saturated rings. The molecule has 1 aromatic rings. The molecule has 6 N–H and O–H groups in total. The highest BCUT2D eigenvalue weighted by atomic mass is 32.1. The highest BCUT2D eigenvalue weighted by Crippen LogP contribution is 2.26. The second-order valence-electron chi connectivity index (χ2n) is 3.12. The monoisotopic (exact) mass is 243 g/mol. The molecule has 0 saturated carbocycles. The van der Waals surface area contributed by atoms with Gasteiger partial charge in [0.05, 0.1) is 0 Å². The maximum absolute atomic E-state index is 11.3. The summed E-state index contributed by atoms with van der Waals surface area (Å²) in [5.41, 5.74) is 10.8. The fraction of sp³-hybridized carbons (Fsp3) is 0.375. The molecule has 2 amide bonds. The van der Waals surface area contributed by atoms with Crippen LogP contribution >= 0.6 is 11.5 Å². The average Bonchev–Trinajstić information content (AvgIpc) is 2.58. The van der Waals surface area contributed by atoms with Crippen molar-refractivity contribution in [3.8, 4) is 0 Å². The maximum Gasteiger partial charge on any atom is 0.255 e. The van der Waals surface area contributed by atoms with E-state index in [1.165, 1.54) is 7.05 Å². The standard InChI is InChI=1S/C8H13N5O2S/c1-3(7(15)11-2)12-8-4(6(10)14)5(9)13-16-8/h3,12H,1-2H3,(H2,9,13)(H2,10,14)(H,11,15). The third-order valence-electron chi connectivity index (χ3n) is 1.95. The Balaban J connectivity index is 2.89. The Hall–Kier alpha value is -1.83. The van der Waals surface area contributed by atoms with E-state index < -0.39 is 11.9 Å². The first-order valence-electron chi connectivity index (χ1n) is 4.50. The number of likely N-dealkylation sites (N-methyl/N-ethyl adjacent to an activating group) is 1.